The summed E-state index contributed by atoms with van der Waals surface area (Å²) in [6.07, 6.45) is 4.50. The molecule has 0 amide bonds. The third-order valence-corrected chi connectivity index (χ3v) is 3.47. The zero-order valence-electron chi connectivity index (χ0n) is 10.9. The summed E-state index contributed by atoms with van der Waals surface area (Å²) in [5, 5.41) is 4.79. The number of fused-ring (bicyclic) bond motifs is 1. The Bertz CT molecular complexity index is 609. The third-order valence-electron chi connectivity index (χ3n) is 3.16. The minimum absolute atomic E-state index is 0.315. The van der Waals surface area contributed by atoms with E-state index in [1.54, 1.807) is 6.20 Å². The van der Waals surface area contributed by atoms with Gasteiger partial charge in [-0.3, -0.25) is 4.68 Å². The van der Waals surface area contributed by atoms with Crippen molar-refractivity contribution in [2.75, 3.05) is 6.61 Å². The lowest BCUT2D eigenvalue weighted by atomic mass is 10.1. The molecule has 0 atom stereocenters. The van der Waals surface area contributed by atoms with E-state index in [0.717, 1.165) is 23.2 Å². The van der Waals surface area contributed by atoms with Crippen LogP contribution in [0.25, 0.3) is 11.4 Å². The van der Waals surface area contributed by atoms with E-state index in [9.17, 15) is 0 Å². The third kappa shape index (κ3) is 2.35. The summed E-state index contributed by atoms with van der Waals surface area (Å²) in [5.74, 6) is 0.637. The molecule has 5 nitrogen and oxygen atoms in total. The molecule has 0 unspecified atom stereocenters. The summed E-state index contributed by atoms with van der Waals surface area (Å²) in [5.41, 5.74) is 2.79. The zero-order valence-corrected chi connectivity index (χ0v) is 11.7. The van der Waals surface area contributed by atoms with Gasteiger partial charge in [0.05, 0.1) is 30.7 Å². The van der Waals surface area contributed by atoms with Gasteiger partial charge in [-0.15, -0.1) is 0 Å². The van der Waals surface area contributed by atoms with Crippen molar-refractivity contribution in [1.29, 1.82) is 0 Å². The van der Waals surface area contributed by atoms with Crippen LogP contribution in [0.5, 0.6) is 0 Å². The summed E-state index contributed by atoms with van der Waals surface area (Å²) in [6.45, 7) is 5.34. The van der Waals surface area contributed by atoms with Gasteiger partial charge in [0.2, 0.25) is 0 Å². The van der Waals surface area contributed by atoms with Crippen molar-refractivity contribution < 1.29 is 4.74 Å². The molecule has 0 radical (unpaired) electrons. The summed E-state index contributed by atoms with van der Waals surface area (Å²) in [7, 11) is 0. The van der Waals surface area contributed by atoms with Crippen LogP contribution in [0.4, 0.5) is 0 Å². The lowest BCUT2D eigenvalue weighted by Crippen LogP contribution is -2.14. The molecule has 2 aromatic heterocycles. The van der Waals surface area contributed by atoms with Gasteiger partial charge in [0, 0.05) is 24.2 Å². The van der Waals surface area contributed by atoms with Crippen LogP contribution < -0.4 is 0 Å². The Balaban J connectivity index is 2.02. The van der Waals surface area contributed by atoms with Gasteiger partial charge in [-0.2, -0.15) is 5.10 Å². The van der Waals surface area contributed by atoms with Gasteiger partial charge in [-0.05, 0) is 13.8 Å². The van der Waals surface area contributed by atoms with Crippen LogP contribution >= 0.6 is 11.6 Å². The van der Waals surface area contributed by atoms with Gasteiger partial charge in [0.25, 0.3) is 0 Å². The normalized spacial score (nSPS) is 14.7. The SMILES string of the molecule is CC(C)n1cc(-c2nc(Cl)c3c(n2)CCOC3)cn1. The van der Waals surface area contributed by atoms with Crippen LogP contribution in [0.3, 0.4) is 0 Å². The van der Waals surface area contributed by atoms with Crippen LogP contribution in [0.2, 0.25) is 5.15 Å². The van der Waals surface area contributed by atoms with E-state index in [-0.39, 0.29) is 0 Å². The van der Waals surface area contributed by atoms with E-state index < -0.39 is 0 Å². The Hall–Kier alpha value is -1.46. The highest BCUT2D eigenvalue weighted by Gasteiger charge is 2.18. The molecule has 0 aromatic carbocycles. The predicted octanol–water partition coefficient (Wildman–Crippen LogP) is 2.65. The number of aromatic nitrogens is 4. The summed E-state index contributed by atoms with van der Waals surface area (Å²) >= 11 is 6.21. The van der Waals surface area contributed by atoms with Crippen LogP contribution in [0, 0.1) is 0 Å². The number of rotatable bonds is 2. The largest absolute Gasteiger partial charge is 0.376 e. The first-order valence-corrected chi connectivity index (χ1v) is 6.70. The molecule has 1 aliphatic rings. The Labute approximate surface area is 116 Å². The molecule has 1 aliphatic heterocycles. The monoisotopic (exact) mass is 278 g/mol. The van der Waals surface area contributed by atoms with E-state index >= 15 is 0 Å². The van der Waals surface area contributed by atoms with Crippen LogP contribution in [-0.4, -0.2) is 26.4 Å². The van der Waals surface area contributed by atoms with Gasteiger partial charge >= 0.3 is 0 Å². The fraction of sp³-hybridized carbons (Fsp3) is 0.462. The second-order valence-electron chi connectivity index (χ2n) is 4.87. The fourth-order valence-electron chi connectivity index (χ4n) is 2.06. The maximum Gasteiger partial charge on any atom is 0.164 e. The number of ether oxygens (including phenoxy) is 1. The molecule has 2 aromatic rings. The first-order valence-electron chi connectivity index (χ1n) is 6.32. The van der Waals surface area contributed by atoms with E-state index in [4.69, 9.17) is 16.3 Å². The molecule has 19 heavy (non-hydrogen) atoms. The first kappa shape index (κ1) is 12.6. The topological polar surface area (TPSA) is 52.8 Å². The molecule has 0 saturated carbocycles. The average Bonchev–Trinajstić information content (AvgIpc) is 2.88. The van der Waals surface area contributed by atoms with Gasteiger partial charge in [0.1, 0.15) is 5.15 Å². The maximum absolute atomic E-state index is 6.21. The predicted molar refractivity (Wildman–Crippen MR) is 72.0 cm³/mol. The van der Waals surface area contributed by atoms with Gasteiger partial charge in [-0.25, -0.2) is 9.97 Å². The van der Waals surface area contributed by atoms with Crippen molar-refractivity contribution in [3.05, 3.63) is 28.8 Å². The summed E-state index contributed by atoms with van der Waals surface area (Å²) < 4.78 is 7.26. The molecule has 0 aliphatic carbocycles. The summed E-state index contributed by atoms with van der Waals surface area (Å²) in [6, 6.07) is 0.315. The fourth-order valence-corrected chi connectivity index (χ4v) is 2.30. The molecule has 0 fully saturated rings. The Kier molecular flexibility index (Phi) is 3.24. The highest BCUT2D eigenvalue weighted by Crippen LogP contribution is 2.26. The molecule has 3 rings (SSSR count). The molecular formula is C13H15ClN4O. The van der Waals surface area contributed by atoms with Crippen LogP contribution in [0.15, 0.2) is 12.4 Å². The molecule has 3 heterocycles. The van der Waals surface area contributed by atoms with E-state index in [2.05, 4.69) is 28.9 Å². The first-order chi connectivity index (χ1) is 9.15. The smallest absolute Gasteiger partial charge is 0.164 e. The van der Waals surface area contributed by atoms with E-state index in [1.807, 2.05) is 10.9 Å². The number of halogens is 1. The highest BCUT2D eigenvalue weighted by molar-refractivity contribution is 6.30. The molecule has 100 valence electrons. The van der Waals surface area contributed by atoms with Crippen molar-refractivity contribution in [2.45, 2.75) is 32.9 Å². The van der Waals surface area contributed by atoms with Crippen LogP contribution in [-0.2, 0) is 17.8 Å². The standard InChI is InChI=1S/C13H15ClN4O/c1-8(2)18-6-9(5-15-18)13-16-11-3-4-19-7-10(11)12(14)17-13/h5-6,8H,3-4,7H2,1-2H3. The quantitative estimate of drug-likeness (QED) is 0.793. The minimum atomic E-state index is 0.315. The van der Waals surface area contributed by atoms with Crippen molar-refractivity contribution >= 4 is 11.6 Å². The van der Waals surface area contributed by atoms with Crippen molar-refractivity contribution in [1.82, 2.24) is 19.7 Å². The second kappa shape index (κ2) is 4.90. The Morgan fingerprint density at radius 1 is 1.37 bits per heavy atom. The molecule has 0 bridgehead atoms. The Morgan fingerprint density at radius 3 is 2.95 bits per heavy atom. The number of hydrogen-bond acceptors (Lipinski definition) is 4. The lowest BCUT2D eigenvalue weighted by Gasteiger charge is -2.16. The Morgan fingerprint density at radius 2 is 2.21 bits per heavy atom. The maximum atomic E-state index is 6.21. The van der Waals surface area contributed by atoms with Crippen molar-refractivity contribution in [3.63, 3.8) is 0 Å². The minimum Gasteiger partial charge on any atom is -0.376 e. The van der Waals surface area contributed by atoms with Crippen LogP contribution in [0.1, 0.15) is 31.1 Å². The zero-order chi connectivity index (χ0) is 13.4. The number of hydrogen-bond donors (Lipinski definition) is 0. The second-order valence-corrected chi connectivity index (χ2v) is 5.23. The average molecular weight is 279 g/mol. The molecule has 6 heteroatoms. The molecule has 0 saturated heterocycles. The number of nitrogens with zero attached hydrogens (tertiary/aromatic N) is 4. The van der Waals surface area contributed by atoms with Crippen molar-refractivity contribution in [3.8, 4) is 11.4 Å². The van der Waals surface area contributed by atoms with Crippen molar-refractivity contribution in [2.24, 2.45) is 0 Å². The lowest BCUT2D eigenvalue weighted by molar-refractivity contribution is 0.109. The van der Waals surface area contributed by atoms with E-state index in [0.29, 0.717) is 30.2 Å². The molecule has 0 spiro atoms. The molecular weight excluding hydrogens is 264 g/mol. The van der Waals surface area contributed by atoms with Gasteiger partial charge < -0.3 is 4.74 Å². The highest BCUT2D eigenvalue weighted by atomic mass is 35.5. The van der Waals surface area contributed by atoms with Gasteiger partial charge in [0.15, 0.2) is 5.82 Å². The van der Waals surface area contributed by atoms with Gasteiger partial charge in [-0.1, -0.05) is 11.6 Å². The molecule has 0 N–H and O–H groups in total. The van der Waals surface area contributed by atoms with E-state index in [1.165, 1.54) is 0 Å². The summed E-state index contributed by atoms with van der Waals surface area (Å²) in [4.78, 5) is 8.94.